The summed E-state index contributed by atoms with van der Waals surface area (Å²) in [7, 11) is 0. The molecular formula is C14H28N2O2. The number of carbonyl (C=O) groups is 1. The number of amides is 1. The molecule has 0 aromatic carbocycles. The molecule has 0 radical (unpaired) electrons. The van der Waals surface area contributed by atoms with E-state index in [0.29, 0.717) is 5.92 Å². The molecule has 2 N–H and O–H groups in total. The van der Waals surface area contributed by atoms with Crippen molar-refractivity contribution in [1.29, 1.82) is 0 Å². The molecule has 1 fully saturated rings. The molecule has 18 heavy (non-hydrogen) atoms. The van der Waals surface area contributed by atoms with E-state index in [-0.39, 0.29) is 18.2 Å². The van der Waals surface area contributed by atoms with Gasteiger partial charge in [0.2, 0.25) is 0 Å². The van der Waals surface area contributed by atoms with Crippen molar-refractivity contribution in [2.24, 2.45) is 11.7 Å². The maximum absolute atomic E-state index is 12.2. The van der Waals surface area contributed by atoms with Crippen molar-refractivity contribution in [3.63, 3.8) is 0 Å². The van der Waals surface area contributed by atoms with Crippen LogP contribution < -0.4 is 5.73 Å². The van der Waals surface area contributed by atoms with Crippen LogP contribution in [-0.4, -0.2) is 35.2 Å². The lowest BCUT2D eigenvalue weighted by Crippen LogP contribution is -2.55. The van der Waals surface area contributed by atoms with Crippen molar-refractivity contribution in [3.05, 3.63) is 0 Å². The smallest absolute Gasteiger partial charge is 0.410 e. The van der Waals surface area contributed by atoms with Gasteiger partial charge in [-0.2, -0.15) is 0 Å². The Bertz CT molecular complexity index is 284. The van der Waals surface area contributed by atoms with E-state index in [0.717, 1.165) is 25.8 Å². The summed E-state index contributed by atoms with van der Waals surface area (Å²) < 4.78 is 5.47. The molecule has 0 aliphatic carbocycles. The molecule has 1 rings (SSSR count). The maximum Gasteiger partial charge on any atom is 0.410 e. The lowest BCUT2D eigenvalue weighted by atomic mass is 9.90. The lowest BCUT2D eigenvalue weighted by molar-refractivity contribution is 0.00416. The summed E-state index contributed by atoms with van der Waals surface area (Å²) in [4.78, 5) is 14.0. The van der Waals surface area contributed by atoms with E-state index in [4.69, 9.17) is 10.5 Å². The fourth-order valence-electron chi connectivity index (χ4n) is 2.42. The Kier molecular flexibility index (Phi) is 5.02. The topological polar surface area (TPSA) is 55.6 Å². The molecule has 4 heteroatoms. The molecule has 1 amide bonds. The van der Waals surface area contributed by atoms with E-state index in [1.807, 2.05) is 25.7 Å². The van der Waals surface area contributed by atoms with Crippen LogP contribution in [0.3, 0.4) is 0 Å². The molecule has 2 unspecified atom stereocenters. The van der Waals surface area contributed by atoms with E-state index in [9.17, 15) is 4.79 Å². The van der Waals surface area contributed by atoms with Gasteiger partial charge in [-0.25, -0.2) is 4.79 Å². The van der Waals surface area contributed by atoms with Crippen LogP contribution in [0.4, 0.5) is 4.79 Å². The highest BCUT2D eigenvalue weighted by Crippen LogP contribution is 2.24. The number of piperidine rings is 1. The van der Waals surface area contributed by atoms with Gasteiger partial charge in [-0.15, -0.1) is 0 Å². The monoisotopic (exact) mass is 256 g/mol. The predicted octanol–water partition coefficient (Wildman–Crippen LogP) is 2.76. The first-order valence-electron chi connectivity index (χ1n) is 6.96. The van der Waals surface area contributed by atoms with Crippen LogP contribution in [0.25, 0.3) is 0 Å². The highest BCUT2D eigenvalue weighted by atomic mass is 16.6. The molecular weight excluding hydrogens is 228 g/mol. The minimum atomic E-state index is -0.443. The van der Waals surface area contributed by atoms with Crippen molar-refractivity contribution in [2.45, 2.75) is 71.6 Å². The first-order valence-corrected chi connectivity index (χ1v) is 6.96. The predicted molar refractivity (Wildman–Crippen MR) is 73.4 cm³/mol. The number of rotatable bonds is 2. The Morgan fingerprint density at radius 2 is 2.06 bits per heavy atom. The summed E-state index contributed by atoms with van der Waals surface area (Å²) in [6.07, 6.45) is 2.69. The average molecular weight is 256 g/mol. The molecule has 1 heterocycles. The molecule has 0 aromatic heterocycles. The molecule has 1 saturated heterocycles. The third kappa shape index (κ3) is 4.48. The molecule has 0 bridgehead atoms. The van der Waals surface area contributed by atoms with Gasteiger partial charge >= 0.3 is 6.09 Å². The zero-order valence-electron chi connectivity index (χ0n) is 12.4. The maximum atomic E-state index is 12.2. The van der Waals surface area contributed by atoms with Gasteiger partial charge in [-0.05, 0) is 46.0 Å². The normalized spacial score (nSPS) is 25.4. The summed E-state index contributed by atoms with van der Waals surface area (Å²) in [5.41, 5.74) is 5.73. The Hall–Kier alpha value is -0.770. The summed E-state index contributed by atoms with van der Waals surface area (Å²) in [6, 6.07) is 0.197. The van der Waals surface area contributed by atoms with Gasteiger partial charge in [0.05, 0.1) is 6.04 Å². The number of carbonyl (C=O) groups excluding carboxylic acids is 1. The molecule has 106 valence electrons. The number of nitrogens with two attached hydrogens (primary N) is 1. The van der Waals surface area contributed by atoms with Crippen molar-refractivity contribution in [3.8, 4) is 0 Å². The highest BCUT2D eigenvalue weighted by Gasteiger charge is 2.34. The van der Waals surface area contributed by atoms with Crippen LogP contribution in [0.1, 0.15) is 53.9 Å². The second kappa shape index (κ2) is 5.91. The van der Waals surface area contributed by atoms with Crippen molar-refractivity contribution in [2.75, 3.05) is 6.54 Å². The third-order valence-electron chi connectivity index (χ3n) is 3.17. The molecule has 0 saturated carbocycles. The SMILES string of the molecule is CC(C)CC1C(N)CCCN1C(=O)OC(C)(C)C. The Morgan fingerprint density at radius 3 is 2.56 bits per heavy atom. The second-order valence-corrected chi connectivity index (χ2v) is 6.68. The minimum absolute atomic E-state index is 0.0775. The second-order valence-electron chi connectivity index (χ2n) is 6.68. The van der Waals surface area contributed by atoms with Gasteiger partial charge in [-0.3, -0.25) is 0 Å². The Balaban J connectivity index is 2.72. The van der Waals surface area contributed by atoms with Gasteiger partial charge in [0.1, 0.15) is 5.60 Å². The average Bonchev–Trinajstić information content (AvgIpc) is 2.17. The van der Waals surface area contributed by atoms with E-state index in [1.165, 1.54) is 0 Å². The van der Waals surface area contributed by atoms with Crippen LogP contribution in [0.2, 0.25) is 0 Å². The largest absolute Gasteiger partial charge is 0.444 e. The first-order chi connectivity index (χ1) is 8.20. The summed E-state index contributed by atoms with van der Waals surface area (Å²) in [6.45, 7) is 10.8. The van der Waals surface area contributed by atoms with Gasteiger partial charge in [0.25, 0.3) is 0 Å². The first kappa shape index (κ1) is 15.3. The van der Waals surface area contributed by atoms with Crippen LogP contribution >= 0.6 is 0 Å². The van der Waals surface area contributed by atoms with Crippen molar-refractivity contribution >= 4 is 6.09 Å². The lowest BCUT2D eigenvalue weighted by Gasteiger charge is -2.41. The fourth-order valence-corrected chi connectivity index (χ4v) is 2.42. The quantitative estimate of drug-likeness (QED) is 0.826. The summed E-state index contributed by atoms with van der Waals surface area (Å²) in [5.74, 6) is 0.532. The number of likely N-dealkylation sites (tertiary alicyclic amines) is 1. The minimum Gasteiger partial charge on any atom is -0.444 e. The van der Waals surface area contributed by atoms with E-state index < -0.39 is 5.60 Å². The van der Waals surface area contributed by atoms with Crippen LogP contribution in [0.15, 0.2) is 0 Å². The van der Waals surface area contributed by atoms with Crippen molar-refractivity contribution < 1.29 is 9.53 Å². The highest BCUT2D eigenvalue weighted by molar-refractivity contribution is 5.68. The van der Waals surface area contributed by atoms with E-state index >= 15 is 0 Å². The van der Waals surface area contributed by atoms with Crippen molar-refractivity contribution in [1.82, 2.24) is 4.90 Å². The van der Waals surface area contributed by atoms with E-state index in [1.54, 1.807) is 0 Å². The van der Waals surface area contributed by atoms with Gasteiger partial charge < -0.3 is 15.4 Å². The number of hydrogen-bond acceptors (Lipinski definition) is 3. The molecule has 4 nitrogen and oxygen atoms in total. The summed E-state index contributed by atoms with van der Waals surface area (Å²) >= 11 is 0. The van der Waals surface area contributed by atoms with Gasteiger partial charge in [0, 0.05) is 12.6 Å². The zero-order chi connectivity index (χ0) is 13.9. The Labute approximate surface area is 111 Å². The van der Waals surface area contributed by atoms with Gasteiger partial charge in [0.15, 0.2) is 0 Å². The van der Waals surface area contributed by atoms with Crippen LogP contribution in [0, 0.1) is 5.92 Å². The number of ether oxygens (including phenoxy) is 1. The van der Waals surface area contributed by atoms with Gasteiger partial charge in [-0.1, -0.05) is 13.8 Å². The molecule has 0 spiro atoms. The fraction of sp³-hybridized carbons (Fsp3) is 0.929. The van der Waals surface area contributed by atoms with Crippen LogP contribution in [-0.2, 0) is 4.74 Å². The molecule has 2 atom stereocenters. The standard InChI is InChI=1S/C14H28N2O2/c1-10(2)9-12-11(15)7-6-8-16(12)13(17)18-14(3,4)5/h10-12H,6-9,15H2,1-5H3. The van der Waals surface area contributed by atoms with E-state index in [2.05, 4.69) is 13.8 Å². The summed E-state index contributed by atoms with van der Waals surface area (Å²) in [5, 5.41) is 0. The van der Waals surface area contributed by atoms with Crippen LogP contribution in [0.5, 0.6) is 0 Å². The zero-order valence-corrected chi connectivity index (χ0v) is 12.4. The molecule has 1 aliphatic rings. The molecule has 1 aliphatic heterocycles. The molecule has 0 aromatic rings. The third-order valence-corrected chi connectivity index (χ3v) is 3.17. The Morgan fingerprint density at radius 1 is 1.44 bits per heavy atom. The number of hydrogen-bond donors (Lipinski definition) is 1. The number of nitrogens with zero attached hydrogens (tertiary/aromatic N) is 1.